The highest BCUT2D eigenvalue weighted by atomic mass is 16.5. The van der Waals surface area contributed by atoms with Crippen LogP contribution in [0.4, 0.5) is 0 Å². The summed E-state index contributed by atoms with van der Waals surface area (Å²) < 4.78 is 11.0. The maximum Gasteiger partial charge on any atom is 0.253 e. The van der Waals surface area contributed by atoms with Crippen molar-refractivity contribution in [3.8, 4) is 5.75 Å². The number of rotatable bonds is 7. The summed E-state index contributed by atoms with van der Waals surface area (Å²) in [6.07, 6.45) is 4.38. The lowest BCUT2D eigenvalue weighted by molar-refractivity contribution is 0.0792. The highest BCUT2D eigenvalue weighted by molar-refractivity contribution is 5.94. The Morgan fingerprint density at radius 2 is 2.05 bits per heavy atom. The second kappa shape index (κ2) is 8.03. The van der Waals surface area contributed by atoms with Gasteiger partial charge in [-0.25, -0.2) is 0 Å². The van der Waals surface area contributed by atoms with E-state index in [0.29, 0.717) is 6.61 Å². The van der Waals surface area contributed by atoms with Crippen molar-refractivity contribution in [1.29, 1.82) is 0 Å². The van der Waals surface area contributed by atoms with Gasteiger partial charge in [0.15, 0.2) is 0 Å². The van der Waals surface area contributed by atoms with Crippen molar-refractivity contribution < 1.29 is 14.3 Å². The monoisotopic (exact) mass is 291 g/mol. The number of likely N-dealkylation sites (tertiary alicyclic amines) is 1. The van der Waals surface area contributed by atoms with Crippen LogP contribution in [0.25, 0.3) is 0 Å². The molecule has 0 bridgehead atoms. The molecule has 4 heteroatoms. The van der Waals surface area contributed by atoms with Crippen molar-refractivity contribution in [1.82, 2.24) is 4.90 Å². The fourth-order valence-electron chi connectivity index (χ4n) is 2.56. The van der Waals surface area contributed by atoms with Crippen LogP contribution in [0.15, 0.2) is 18.2 Å². The van der Waals surface area contributed by atoms with Gasteiger partial charge in [-0.15, -0.1) is 0 Å². The summed E-state index contributed by atoms with van der Waals surface area (Å²) in [5.74, 6) is 0.898. The smallest absolute Gasteiger partial charge is 0.253 e. The van der Waals surface area contributed by atoms with E-state index in [2.05, 4.69) is 6.92 Å². The van der Waals surface area contributed by atoms with E-state index < -0.39 is 0 Å². The van der Waals surface area contributed by atoms with Crippen LogP contribution in [-0.2, 0) is 11.3 Å². The first kappa shape index (κ1) is 15.8. The van der Waals surface area contributed by atoms with Gasteiger partial charge < -0.3 is 14.4 Å². The largest absolute Gasteiger partial charge is 0.496 e. The van der Waals surface area contributed by atoms with Crippen molar-refractivity contribution >= 4 is 5.91 Å². The van der Waals surface area contributed by atoms with Gasteiger partial charge in [0.05, 0.1) is 13.7 Å². The molecule has 4 nitrogen and oxygen atoms in total. The first-order valence-electron chi connectivity index (χ1n) is 7.80. The Balaban J connectivity index is 2.06. The van der Waals surface area contributed by atoms with Gasteiger partial charge >= 0.3 is 0 Å². The van der Waals surface area contributed by atoms with E-state index in [1.165, 1.54) is 0 Å². The quantitative estimate of drug-likeness (QED) is 0.724. The van der Waals surface area contributed by atoms with Gasteiger partial charge in [-0.1, -0.05) is 13.3 Å². The summed E-state index contributed by atoms with van der Waals surface area (Å²) in [6.45, 7) is 5.11. The summed E-state index contributed by atoms with van der Waals surface area (Å²) in [7, 11) is 1.65. The topological polar surface area (TPSA) is 38.8 Å². The predicted octanol–water partition coefficient (Wildman–Crippen LogP) is 3.25. The van der Waals surface area contributed by atoms with Crippen LogP contribution in [0, 0.1) is 0 Å². The number of amides is 1. The van der Waals surface area contributed by atoms with Crippen molar-refractivity contribution in [3.05, 3.63) is 29.3 Å². The highest BCUT2D eigenvalue weighted by Gasteiger charge is 2.20. The maximum atomic E-state index is 12.4. The second-order valence-corrected chi connectivity index (χ2v) is 5.43. The number of carbonyl (C=O) groups excluding carboxylic acids is 1. The molecule has 1 aromatic carbocycles. The summed E-state index contributed by atoms with van der Waals surface area (Å²) in [5, 5.41) is 0. The van der Waals surface area contributed by atoms with Crippen molar-refractivity contribution in [2.75, 3.05) is 26.8 Å². The maximum absolute atomic E-state index is 12.4. The lowest BCUT2D eigenvalue weighted by Gasteiger charge is -2.17. The van der Waals surface area contributed by atoms with Gasteiger partial charge in [0.1, 0.15) is 5.75 Å². The van der Waals surface area contributed by atoms with Crippen LogP contribution in [-0.4, -0.2) is 37.6 Å². The first-order valence-corrected chi connectivity index (χ1v) is 7.80. The minimum absolute atomic E-state index is 0.116. The highest BCUT2D eigenvalue weighted by Crippen LogP contribution is 2.23. The van der Waals surface area contributed by atoms with E-state index in [4.69, 9.17) is 9.47 Å². The molecule has 1 saturated heterocycles. The molecule has 1 aliphatic rings. The summed E-state index contributed by atoms with van der Waals surface area (Å²) >= 11 is 0. The lowest BCUT2D eigenvalue weighted by atomic mass is 10.1. The minimum atomic E-state index is 0.116. The normalized spacial score (nSPS) is 14.5. The molecule has 0 spiro atoms. The molecule has 1 aromatic rings. The molecular formula is C17H25NO3. The number of hydrogen-bond donors (Lipinski definition) is 0. The van der Waals surface area contributed by atoms with Crippen LogP contribution in [0.1, 0.15) is 48.5 Å². The number of carbonyl (C=O) groups is 1. The molecule has 1 amide bonds. The zero-order chi connectivity index (χ0) is 15.1. The molecule has 21 heavy (non-hydrogen) atoms. The standard InChI is InChI=1S/C17H25NO3/c1-3-4-11-21-13-15-12-14(7-8-16(15)20-2)17(19)18-9-5-6-10-18/h7-8,12H,3-6,9-11,13H2,1-2H3. The third kappa shape index (κ3) is 4.21. The minimum Gasteiger partial charge on any atom is -0.496 e. The van der Waals surface area contributed by atoms with Gasteiger partial charge in [-0.05, 0) is 37.5 Å². The van der Waals surface area contributed by atoms with Crippen molar-refractivity contribution in [3.63, 3.8) is 0 Å². The Morgan fingerprint density at radius 1 is 1.29 bits per heavy atom. The van der Waals surface area contributed by atoms with Crippen LogP contribution in [0.3, 0.4) is 0 Å². The second-order valence-electron chi connectivity index (χ2n) is 5.43. The number of hydrogen-bond acceptors (Lipinski definition) is 3. The molecule has 0 aromatic heterocycles. The number of nitrogens with zero attached hydrogens (tertiary/aromatic N) is 1. The van der Waals surface area contributed by atoms with Gasteiger partial charge in [0.25, 0.3) is 5.91 Å². The Kier molecular flexibility index (Phi) is 6.05. The summed E-state index contributed by atoms with van der Waals surface area (Å²) in [5.41, 5.74) is 1.67. The van der Waals surface area contributed by atoms with E-state index in [1.54, 1.807) is 7.11 Å². The van der Waals surface area contributed by atoms with Gasteiger partial charge in [0.2, 0.25) is 0 Å². The van der Waals surface area contributed by atoms with Gasteiger partial charge in [-0.3, -0.25) is 4.79 Å². The molecular weight excluding hydrogens is 266 g/mol. The molecule has 116 valence electrons. The number of unbranched alkanes of at least 4 members (excludes halogenated alkanes) is 1. The molecule has 0 radical (unpaired) electrons. The van der Waals surface area contributed by atoms with E-state index in [1.807, 2.05) is 23.1 Å². The molecule has 1 heterocycles. The lowest BCUT2D eigenvalue weighted by Crippen LogP contribution is -2.27. The van der Waals surface area contributed by atoms with Crippen LogP contribution < -0.4 is 4.74 Å². The molecule has 0 unspecified atom stereocenters. The molecule has 0 N–H and O–H groups in total. The van der Waals surface area contributed by atoms with Crippen LogP contribution >= 0.6 is 0 Å². The molecule has 2 rings (SSSR count). The molecule has 1 aliphatic heterocycles. The fraction of sp³-hybridized carbons (Fsp3) is 0.588. The molecule has 0 aliphatic carbocycles. The molecule has 0 atom stereocenters. The number of ether oxygens (including phenoxy) is 2. The van der Waals surface area contributed by atoms with E-state index in [-0.39, 0.29) is 5.91 Å². The molecule has 0 saturated carbocycles. The van der Waals surface area contributed by atoms with Crippen LogP contribution in [0.5, 0.6) is 5.75 Å². The Labute approximate surface area is 127 Å². The van der Waals surface area contributed by atoms with E-state index in [0.717, 1.165) is 62.3 Å². The SMILES string of the molecule is CCCCOCc1cc(C(=O)N2CCCC2)ccc1OC. The Bertz CT molecular complexity index is 467. The predicted molar refractivity (Wildman–Crippen MR) is 82.7 cm³/mol. The van der Waals surface area contributed by atoms with Crippen LogP contribution in [0.2, 0.25) is 0 Å². The average molecular weight is 291 g/mol. The molecule has 1 fully saturated rings. The van der Waals surface area contributed by atoms with Crippen molar-refractivity contribution in [2.45, 2.75) is 39.2 Å². The van der Waals surface area contributed by atoms with Gasteiger partial charge in [0, 0.05) is 30.8 Å². The fourth-order valence-corrected chi connectivity index (χ4v) is 2.56. The van der Waals surface area contributed by atoms with E-state index in [9.17, 15) is 4.79 Å². The summed E-state index contributed by atoms with van der Waals surface area (Å²) in [6, 6.07) is 5.61. The number of methoxy groups -OCH3 is 1. The summed E-state index contributed by atoms with van der Waals surface area (Å²) in [4.78, 5) is 14.3. The third-order valence-corrected chi connectivity index (χ3v) is 3.82. The Hall–Kier alpha value is -1.55. The first-order chi connectivity index (χ1) is 10.3. The van der Waals surface area contributed by atoms with E-state index >= 15 is 0 Å². The zero-order valence-corrected chi connectivity index (χ0v) is 13.1. The third-order valence-electron chi connectivity index (χ3n) is 3.82. The van der Waals surface area contributed by atoms with Crippen molar-refractivity contribution in [2.24, 2.45) is 0 Å². The number of benzene rings is 1. The van der Waals surface area contributed by atoms with Gasteiger partial charge in [-0.2, -0.15) is 0 Å². The average Bonchev–Trinajstić information content (AvgIpc) is 3.05. The Morgan fingerprint density at radius 3 is 2.71 bits per heavy atom. The zero-order valence-electron chi connectivity index (χ0n) is 13.1.